The zero-order valence-electron chi connectivity index (χ0n) is 16.2. The molecule has 0 unspecified atom stereocenters. The van der Waals surface area contributed by atoms with Crippen LogP contribution in [0.2, 0.25) is 0 Å². The van der Waals surface area contributed by atoms with Gasteiger partial charge < -0.3 is 9.80 Å². The molecule has 0 bridgehead atoms. The van der Waals surface area contributed by atoms with E-state index in [1.807, 2.05) is 4.90 Å². The number of aromatic nitrogens is 4. The van der Waals surface area contributed by atoms with E-state index in [2.05, 4.69) is 14.9 Å². The van der Waals surface area contributed by atoms with Crippen LogP contribution in [0.5, 0.6) is 0 Å². The van der Waals surface area contributed by atoms with Gasteiger partial charge in [0.2, 0.25) is 0 Å². The molecule has 0 radical (unpaired) electrons. The predicted octanol–water partition coefficient (Wildman–Crippen LogP) is 0.375. The van der Waals surface area contributed by atoms with Gasteiger partial charge >= 0.3 is 5.69 Å². The van der Waals surface area contributed by atoms with Crippen molar-refractivity contribution in [1.82, 2.24) is 19.1 Å². The lowest BCUT2D eigenvalue weighted by molar-refractivity contribution is 0.125. The van der Waals surface area contributed by atoms with Crippen molar-refractivity contribution in [2.75, 3.05) is 36.0 Å². The summed E-state index contributed by atoms with van der Waals surface area (Å²) in [6.45, 7) is 1.75. The topological polar surface area (TPSA) is 96.2 Å². The van der Waals surface area contributed by atoms with Crippen molar-refractivity contribution in [3.8, 4) is 0 Å². The standard InChI is InChI=1S/C19H20F2N6O3/c1-24-17(28)9-16(23-19(24)30)26-6-4-25(5-7-26)12-2-3-13-14(8-12)22-11-27(18(13)29)10-15(20)21/h2-3,8-9,11,15H,4-7,10H2,1H3,(H,23,30). The van der Waals surface area contributed by atoms with Gasteiger partial charge in [-0.15, -0.1) is 0 Å². The molecule has 3 heterocycles. The Morgan fingerprint density at radius 2 is 1.77 bits per heavy atom. The lowest BCUT2D eigenvalue weighted by atomic mass is 10.2. The predicted molar refractivity (Wildman–Crippen MR) is 109 cm³/mol. The van der Waals surface area contributed by atoms with Crippen LogP contribution in [-0.2, 0) is 13.6 Å². The van der Waals surface area contributed by atoms with Crippen molar-refractivity contribution < 1.29 is 8.78 Å². The van der Waals surface area contributed by atoms with E-state index in [1.165, 1.54) is 13.1 Å². The molecule has 2 aromatic heterocycles. The third-order valence-corrected chi connectivity index (χ3v) is 5.26. The van der Waals surface area contributed by atoms with Crippen LogP contribution in [0.4, 0.5) is 20.3 Å². The first-order chi connectivity index (χ1) is 14.3. The van der Waals surface area contributed by atoms with Gasteiger partial charge in [-0.25, -0.2) is 18.6 Å². The van der Waals surface area contributed by atoms with E-state index >= 15 is 0 Å². The van der Waals surface area contributed by atoms with Gasteiger partial charge in [0, 0.05) is 45.0 Å². The second-order valence-corrected chi connectivity index (χ2v) is 7.13. The fourth-order valence-corrected chi connectivity index (χ4v) is 3.54. The lowest BCUT2D eigenvalue weighted by Gasteiger charge is -2.37. The van der Waals surface area contributed by atoms with E-state index in [1.54, 1.807) is 18.2 Å². The number of hydrogen-bond acceptors (Lipinski definition) is 6. The zero-order chi connectivity index (χ0) is 21.4. The van der Waals surface area contributed by atoms with E-state index < -0.39 is 24.2 Å². The first-order valence-electron chi connectivity index (χ1n) is 9.41. The molecule has 158 valence electrons. The van der Waals surface area contributed by atoms with Gasteiger partial charge in [0.1, 0.15) is 5.82 Å². The van der Waals surface area contributed by atoms with Crippen molar-refractivity contribution in [3.05, 3.63) is 61.8 Å². The summed E-state index contributed by atoms with van der Waals surface area (Å²) in [4.78, 5) is 46.9. The molecular formula is C19H20F2N6O3. The Hall–Kier alpha value is -3.50. The number of nitrogens with zero attached hydrogens (tertiary/aromatic N) is 5. The van der Waals surface area contributed by atoms with Crippen LogP contribution < -0.4 is 26.6 Å². The minimum atomic E-state index is -2.63. The number of rotatable bonds is 4. The largest absolute Gasteiger partial charge is 0.368 e. The molecule has 3 aromatic rings. The smallest absolute Gasteiger partial charge is 0.329 e. The Labute approximate surface area is 168 Å². The number of benzene rings is 1. The number of aromatic amines is 1. The summed E-state index contributed by atoms with van der Waals surface area (Å²) in [5, 5.41) is 0.290. The molecule has 1 aromatic carbocycles. The third-order valence-electron chi connectivity index (χ3n) is 5.26. The fraction of sp³-hybridized carbons (Fsp3) is 0.368. The summed E-state index contributed by atoms with van der Waals surface area (Å²) in [7, 11) is 1.42. The van der Waals surface area contributed by atoms with Crippen LogP contribution in [0, 0.1) is 0 Å². The van der Waals surface area contributed by atoms with Crippen LogP contribution >= 0.6 is 0 Å². The van der Waals surface area contributed by atoms with Gasteiger partial charge in [-0.2, -0.15) is 0 Å². The summed E-state index contributed by atoms with van der Waals surface area (Å²) in [6, 6.07) is 6.54. The maximum Gasteiger partial charge on any atom is 0.329 e. The molecule has 0 amide bonds. The molecule has 0 spiro atoms. The Balaban J connectivity index is 1.53. The summed E-state index contributed by atoms with van der Waals surface area (Å²) < 4.78 is 27.1. The van der Waals surface area contributed by atoms with Gasteiger partial charge in [-0.05, 0) is 18.2 Å². The van der Waals surface area contributed by atoms with Crippen LogP contribution in [0.25, 0.3) is 10.9 Å². The van der Waals surface area contributed by atoms with Crippen LogP contribution in [0.1, 0.15) is 0 Å². The van der Waals surface area contributed by atoms with Crippen molar-refractivity contribution >= 4 is 22.4 Å². The van der Waals surface area contributed by atoms with E-state index in [-0.39, 0.29) is 5.56 Å². The van der Waals surface area contributed by atoms with E-state index in [0.717, 1.165) is 21.1 Å². The summed E-state index contributed by atoms with van der Waals surface area (Å²) in [5.74, 6) is 0.488. The average molecular weight is 418 g/mol. The van der Waals surface area contributed by atoms with E-state index in [4.69, 9.17) is 0 Å². The van der Waals surface area contributed by atoms with Gasteiger partial charge in [-0.3, -0.25) is 23.7 Å². The first-order valence-corrected chi connectivity index (χ1v) is 9.41. The number of piperazine rings is 1. The highest BCUT2D eigenvalue weighted by Gasteiger charge is 2.20. The summed E-state index contributed by atoms with van der Waals surface area (Å²) in [5.41, 5.74) is -0.0157. The molecule has 1 N–H and O–H groups in total. The lowest BCUT2D eigenvalue weighted by Crippen LogP contribution is -2.48. The van der Waals surface area contributed by atoms with Crippen molar-refractivity contribution in [2.45, 2.75) is 13.0 Å². The second-order valence-electron chi connectivity index (χ2n) is 7.13. The highest BCUT2D eigenvalue weighted by atomic mass is 19.3. The maximum absolute atomic E-state index is 12.6. The van der Waals surface area contributed by atoms with Crippen molar-refractivity contribution in [1.29, 1.82) is 0 Å². The van der Waals surface area contributed by atoms with Crippen molar-refractivity contribution in [2.24, 2.45) is 7.05 Å². The molecule has 0 atom stereocenters. The Morgan fingerprint density at radius 1 is 1.07 bits per heavy atom. The van der Waals surface area contributed by atoms with Gasteiger partial charge in [-0.1, -0.05) is 0 Å². The van der Waals surface area contributed by atoms with Crippen LogP contribution in [0.3, 0.4) is 0 Å². The van der Waals surface area contributed by atoms with E-state index in [0.29, 0.717) is 42.9 Å². The van der Waals surface area contributed by atoms with Crippen LogP contribution in [0.15, 0.2) is 45.0 Å². The second kappa shape index (κ2) is 7.73. The van der Waals surface area contributed by atoms with Crippen molar-refractivity contribution in [3.63, 3.8) is 0 Å². The van der Waals surface area contributed by atoms with Crippen LogP contribution in [-0.4, -0.2) is 51.7 Å². The Kier molecular flexibility index (Phi) is 5.10. The molecule has 1 fully saturated rings. The number of hydrogen-bond donors (Lipinski definition) is 1. The minimum Gasteiger partial charge on any atom is -0.368 e. The van der Waals surface area contributed by atoms with Gasteiger partial charge in [0.25, 0.3) is 17.5 Å². The molecule has 11 heteroatoms. The molecule has 1 aliphatic heterocycles. The molecule has 0 aliphatic carbocycles. The third kappa shape index (κ3) is 3.70. The monoisotopic (exact) mass is 418 g/mol. The van der Waals surface area contributed by atoms with Gasteiger partial charge in [0.05, 0.1) is 23.8 Å². The number of H-pyrrole nitrogens is 1. The molecule has 1 aliphatic rings. The molecular weight excluding hydrogens is 398 g/mol. The number of fused-ring (bicyclic) bond motifs is 1. The SMILES string of the molecule is Cn1c(=O)cc(N2CCN(c3ccc4c(=O)n(CC(F)F)cnc4c3)CC2)[nH]c1=O. The zero-order valence-corrected chi connectivity index (χ0v) is 16.2. The molecule has 4 rings (SSSR count). The summed E-state index contributed by atoms with van der Waals surface area (Å²) in [6.07, 6.45) is -1.48. The molecule has 1 saturated heterocycles. The summed E-state index contributed by atoms with van der Waals surface area (Å²) >= 11 is 0. The molecule has 30 heavy (non-hydrogen) atoms. The fourth-order valence-electron chi connectivity index (χ4n) is 3.54. The number of alkyl halides is 2. The van der Waals surface area contributed by atoms with E-state index in [9.17, 15) is 23.2 Å². The highest BCUT2D eigenvalue weighted by Crippen LogP contribution is 2.21. The first kappa shape index (κ1) is 19.8. The Bertz CT molecular complexity index is 1230. The normalized spacial score (nSPS) is 14.7. The quantitative estimate of drug-likeness (QED) is 0.658. The molecule has 0 saturated carbocycles. The number of anilines is 2. The minimum absolute atomic E-state index is 0.290. The highest BCUT2D eigenvalue weighted by molar-refractivity contribution is 5.81. The number of nitrogens with one attached hydrogen (secondary N) is 1. The maximum atomic E-state index is 12.6. The Morgan fingerprint density at radius 3 is 2.43 bits per heavy atom. The van der Waals surface area contributed by atoms with Gasteiger partial charge in [0.15, 0.2) is 0 Å². The number of halogens is 2. The average Bonchev–Trinajstić information content (AvgIpc) is 2.73. The molecule has 9 nitrogen and oxygen atoms in total.